The number of hydrogen-bond acceptors (Lipinski definition) is 5. The van der Waals surface area contributed by atoms with E-state index in [1.807, 2.05) is 22.8 Å². The Hall–Kier alpha value is -2.05. The van der Waals surface area contributed by atoms with E-state index in [0.29, 0.717) is 18.5 Å². The molecule has 3 heterocycles. The smallest absolute Gasteiger partial charge is 0.231 e. The molecule has 136 valence electrons. The number of nitrogens with zero attached hydrogens (tertiary/aromatic N) is 4. The summed E-state index contributed by atoms with van der Waals surface area (Å²) in [5, 5.41) is 4.66. The van der Waals surface area contributed by atoms with Gasteiger partial charge in [0.1, 0.15) is 0 Å². The molecular weight excluding hydrogens is 344 g/mol. The van der Waals surface area contributed by atoms with Crippen molar-refractivity contribution in [2.75, 3.05) is 26.5 Å². The van der Waals surface area contributed by atoms with Gasteiger partial charge >= 0.3 is 0 Å². The maximum atomic E-state index is 5.94. The molecule has 1 aliphatic heterocycles. The molecule has 4 rings (SSSR count). The van der Waals surface area contributed by atoms with Gasteiger partial charge in [-0.2, -0.15) is 0 Å². The highest BCUT2D eigenvalue weighted by molar-refractivity contribution is 7.98. The van der Waals surface area contributed by atoms with E-state index in [1.165, 1.54) is 24.3 Å². The molecule has 1 aliphatic rings. The van der Waals surface area contributed by atoms with Crippen LogP contribution in [0.1, 0.15) is 19.3 Å². The molecule has 3 aromatic rings. The monoisotopic (exact) mass is 368 g/mol. The third-order valence-electron chi connectivity index (χ3n) is 5.08. The summed E-state index contributed by atoms with van der Waals surface area (Å²) in [7, 11) is 2.20. The Morgan fingerprint density at radius 2 is 2.19 bits per heavy atom. The van der Waals surface area contributed by atoms with Gasteiger partial charge < -0.3 is 9.64 Å². The van der Waals surface area contributed by atoms with Gasteiger partial charge in [0.05, 0.1) is 18.5 Å². The highest BCUT2D eigenvalue weighted by atomic mass is 32.2. The van der Waals surface area contributed by atoms with Crippen LogP contribution in [-0.4, -0.2) is 52.0 Å². The van der Waals surface area contributed by atoms with Crippen molar-refractivity contribution in [2.24, 2.45) is 0 Å². The summed E-state index contributed by atoms with van der Waals surface area (Å²) in [5.41, 5.74) is 2.93. The van der Waals surface area contributed by atoms with Gasteiger partial charge in [0.15, 0.2) is 5.65 Å². The van der Waals surface area contributed by atoms with Crippen LogP contribution in [0.3, 0.4) is 0 Å². The number of thioether (sulfide) groups is 1. The summed E-state index contributed by atoms with van der Waals surface area (Å²) in [6, 6.07) is 12.9. The van der Waals surface area contributed by atoms with Crippen molar-refractivity contribution < 1.29 is 4.74 Å². The lowest BCUT2D eigenvalue weighted by molar-refractivity contribution is 0.227. The van der Waals surface area contributed by atoms with E-state index < -0.39 is 0 Å². The fourth-order valence-electron chi connectivity index (χ4n) is 3.56. The van der Waals surface area contributed by atoms with Crippen molar-refractivity contribution in [2.45, 2.75) is 30.2 Å². The van der Waals surface area contributed by atoms with Crippen LogP contribution in [0.25, 0.3) is 16.9 Å². The zero-order valence-electron chi connectivity index (χ0n) is 15.3. The van der Waals surface area contributed by atoms with Crippen molar-refractivity contribution in [3.05, 3.63) is 42.6 Å². The average Bonchev–Trinajstić information content (AvgIpc) is 3.28. The first-order valence-electron chi connectivity index (χ1n) is 9.07. The lowest BCUT2D eigenvalue weighted by atomic mass is 10.1. The number of benzene rings is 1. The van der Waals surface area contributed by atoms with Gasteiger partial charge in [-0.1, -0.05) is 12.1 Å². The van der Waals surface area contributed by atoms with Crippen LogP contribution >= 0.6 is 11.8 Å². The molecule has 26 heavy (non-hydrogen) atoms. The number of imidazole rings is 1. The Balaban J connectivity index is 1.52. The summed E-state index contributed by atoms with van der Waals surface area (Å²) in [4.78, 5) is 8.13. The molecule has 0 radical (unpaired) electrons. The summed E-state index contributed by atoms with van der Waals surface area (Å²) >= 11 is 1.73. The van der Waals surface area contributed by atoms with Crippen molar-refractivity contribution in [3.63, 3.8) is 0 Å². The average molecular weight is 369 g/mol. The van der Waals surface area contributed by atoms with Crippen LogP contribution in [0.2, 0.25) is 0 Å². The molecule has 0 amide bonds. The molecule has 1 atom stereocenters. The predicted molar refractivity (Wildman–Crippen MR) is 106 cm³/mol. The second-order valence-electron chi connectivity index (χ2n) is 6.73. The summed E-state index contributed by atoms with van der Waals surface area (Å²) in [6.07, 6.45) is 7.56. The highest BCUT2D eigenvalue weighted by Crippen LogP contribution is 2.25. The van der Waals surface area contributed by atoms with E-state index >= 15 is 0 Å². The number of fused-ring (bicyclic) bond motifs is 1. The maximum absolute atomic E-state index is 5.94. The fourth-order valence-corrected chi connectivity index (χ4v) is 4.02. The quantitative estimate of drug-likeness (QED) is 0.616. The van der Waals surface area contributed by atoms with Gasteiger partial charge in [-0.05, 0) is 57.3 Å². The van der Waals surface area contributed by atoms with E-state index in [9.17, 15) is 0 Å². The molecule has 1 fully saturated rings. The Labute approximate surface area is 158 Å². The molecule has 1 saturated heterocycles. The van der Waals surface area contributed by atoms with Crippen molar-refractivity contribution in [3.8, 4) is 17.1 Å². The molecule has 0 bridgehead atoms. The van der Waals surface area contributed by atoms with Crippen molar-refractivity contribution in [1.29, 1.82) is 0 Å². The molecule has 0 N–H and O–H groups in total. The number of rotatable bonds is 6. The number of aromatic nitrogens is 3. The van der Waals surface area contributed by atoms with E-state index in [2.05, 4.69) is 52.6 Å². The standard InChI is InChI=1S/C20H24N4OS/c1-23-11-4-6-16(23)10-12-25-20-9-8-19-21-14-18(24(19)22-20)15-5-3-7-17(13-15)26-2/h3,5,7-9,13-14,16H,4,6,10-12H2,1-2H3. The molecule has 5 nitrogen and oxygen atoms in total. The first-order valence-corrected chi connectivity index (χ1v) is 10.3. The summed E-state index contributed by atoms with van der Waals surface area (Å²) in [6.45, 7) is 1.89. The molecule has 0 spiro atoms. The Kier molecular flexibility index (Phi) is 5.13. The van der Waals surface area contributed by atoms with Crippen LogP contribution in [0, 0.1) is 0 Å². The van der Waals surface area contributed by atoms with Crippen LogP contribution in [-0.2, 0) is 0 Å². The second-order valence-corrected chi connectivity index (χ2v) is 7.61. The SMILES string of the molecule is CSc1cccc(-c2cnc3ccc(OCCC4CCCN4C)nn23)c1. The number of hydrogen-bond donors (Lipinski definition) is 0. The van der Waals surface area contributed by atoms with Crippen molar-refractivity contribution in [1.82, 2.24) is 19.5 Å². The Bertz CT molecular complexity index is 894. The normalized spacial score (nSPS) is 17.8. The second kappa shape index (κ2) is 7.68. The minimum atomic E-state index is 0.636. The topological polar surface area (TPSA) is 42.7 Å². The lowest BCUT2D eigenvalue weighted by Crippen LogP contribution is -2.26. The van der Waals surface area contributed by atoms with Gasteiger partial charge in [-0.15, -0.1) is 16.9 Å². The van der Waals surface area contributed by atoms with Crippen LogP contribution in [0.4, 0.5) is 0 Å². The predicted octanol–water partition coefficient (Wildman–Crippen LogP) is 3.98. The first kappa shape index (κ1) is 17.4. The van der Waals surface area contributed by atoms with Crippen LogP contribution < -0.4 is 4.74 Å². The van der Waals surface area contributed by atoms with Gasteiger partial charge in [0.25, 0.3) is 0 Å². The molecule has 1 aromatic carbocycles. The maximum Gasteiger partial charge on any atom is 0.231 e. The molecule has 6 heteroatoms. The Morgan fingerprint density at radius 1 is 1.27 bits per heavy atom. The fraction of sp³-hybridized carbons (Fsp3) is 0.400. The molecule has 2 aromatic heterocycles. The molecule has 1 unspecified atom stereocenters. The van der Waals surface area contributed by atoms with Crippen LogP contribution in [0.15, 0.2) is 47.5 Å². The lowest BCUT2D eigenvalue weighted by Gasteiger charge is -2.19. The summed E-state index contributed by atoms with van der Waals surface area (Å²) < 4.78 is 7.81. The summed E-state index contributed by atoms with van der Waals surface area (Å²) in [5.74, 6) is 0.651. The Morgan fingerprint density at radius 3 is 3.00 bits per heavy atom. The molecule has 0 aliphatic carbocycles. The van der Waals surface area contributed by atoms with E-state index in [1.54, 1.807) is 11.8 Å². The zero-order chi connectivity index (χ0) is 17.9. The van der Waals surface area contributed by atoms with Gasteiger partial charge in [-0.25, -0.2) is 9.50 Å². The first-order chi connectivity index (χ1) is 12.7. The number of ether oxygens (including phenoxy) is 1. The minimum Gasteiger partial charge on any atom is -0.477 e. The van der Waals surface area contributed by atoms with E-state index in [-0.39, 0.29) is 0 Å². The highest BCUT2D eigenvalue weighted by Gasteiger charge is 2.20. The largest absolute Gasteiger partial charge is 0.477 e. The van der Waals surface area contributed by atoms with Crippen molar-refractivity contribution >= 4 is 17.4 Å². The third kappa shape index (κ3) is 3.57. The zero-order valence-corrected chi connectivity index (χ0v) is 16.1. The minimum absolute atomic E-state index is 0.636. The molecule has 0 saturated carbocycles. The van der Waals surface area contributed by atoms with Crippen LogP contribution in [0.5, 0.6) is 5.88 Å². The van der Waals surface area contributed by atoms with Gasteiger partial charge in [0, 0.05) is 22.6 Å². The van der Waals surface area contributed by atoms with Gasteiger partial charge in [0.2, 0.25) is 5.88 Å². The van der Waals surface area contributed by atoms with Gasteiger partial charge in [-0.3, -0.25) is 0 Å². The third-order valence-corrected chi connectivity index (χ3v) is 5.80. The number of likely N-dealkylation sites (tertiary alicyclic amines) is 1. The molecular formula is C20H24N4OS. The van der Waals surface area contributed by atoms with E-state index in [4.69, 9.17) is 4.74 Å². The van der Waals surface area contributed by atoms with E-state index in [0.717, 1.165) is 23.3 Å².